The number of carbonyl (C=O) groups excluding carboxylic acids is 2. The van der Waals surface area contributed by atoms with Crippen LogP contribution in [0.15, 0.2) is 60.7 Å². The molecule has 37 heavy (non-hydrogen) atoms. The van der Waals surface area contributed by atoms with Crippen LogP contribution in [-0.4, -0.2) is 71.1 Å². The van der Waals surface area contributed by atoms with Crippen LogP contribution in [-0.2, 0) is 4.79 Å². The smallest absolute Gasteiger partial charge is 0.254 e. The van der Waals surface area contributed by atoms with Crippen molar-refractivity contribution in [3.05, 3.63) is 77.1 Å². The molecule has 1 saturated carbocycles. The van der Waals surface area contributed by atoms with Gasteiger partial charge in [0.25, 0.3) is 5.91 Å². The minimum atomic E-state index is -0.290. The Morgan fingerprint density at radius 1 is 0.919 bits per heavy atom. The molecule has 1 aromatic heterocycles. The number of anilines is 1. The van der Waals surface area contributed by atoms with E-state index in [0.29, 0.717) is 48.4 Å². The standard InChI is InChI=1S/C28H29ClFN5O2/c29-23-8-4-22(5-9-23)28(37)35(18-20-2-3-20)19-27(36)34-15-1-14-33(16-17-34)26-13-12-25(31-32-26)21-6-10-24(30)11-7-21/h4-13,20H,1-3,14-19H2. The Balaban J connectivity index is 1.20. The molecular formula is C28H29ClFN5O2. The summed E-state index contributed by atoms with van der Waals surface area (Å²) >= 11 is 5.98. The summed E-state index contributed by atoms with van der Waals surface area (Å²) in [6.45, 7) is 3.23. The third kappa shape index (κ3) is 6.43. The monoisotopic (exact) mass is 521 g/mol. The van der Waals surface area contributed by atoms with Crippen LogP contribution in [0.4, 0.5) is 10.2 Å². The molecule has 7 nitrogen and oxygen atoms in total. The molecule has 2 fully saturated rings. The number of nitrogens with zero attached hydrogens (tertiary/aromatic N) is 5. The van der Waals surface area contributed by atoms with Gasteiger partial charge in [-0.15, -0.1) is 10.2 Å². The summed E-state index contributed by atoms with van der Waals surface area (Å²) in [4.78, 5) is 32.1. The van der Waals surface area contributed by atoms with Gasteiger partial charge in [-0.2, -0.15) is 0 Å². The second-order valence-corrected chi connectivity index (χ2v) is 10.1. The summed E-state index contributed by atoms with van der Waals surface area (Å²) in [7, 11) is 0. The first-order chi connectivity index (χ1) is 18.0. The second kappa shape index (κ2) is 11.3. The fourth-order valence-electron chi connectivity index (χ4n) is 4.53. The van der Waals surface area contributed by atoms with E-state index in [2.05, 4.69) is 15.1 Å². The molecule has 3 aromatic rings. The van der Waals surface area contributed by atoms with E-state index in [1.165, 1.54) is 12.1 Å². The van der Waals surface area contributed by atoms with E-state index in [0.717, 1.165) is 37.2 Å². The molecular weight excluding hydrogens is 493 g/mol. The highest BCUT2D eigenvalue weighted by Crippen LogP contribution is 2.30. The van der Waals surface area contributed by atoms with Crippen LogP contribution in [0.5, 0.6) is 0 Å². The lowest BCUT2D eigenvalue weighted by Crippen LogP contribution is -2.45. The highest BCUT2D eigenvalue weighted by molar-refractivity contribution is 6.30. The average molecular weight is 522 g/mol. The van der Waals surface area contributed by atoms with Crippen LogP contribution in [0.1, 0.15) is 29.6 Å². The van der Waals surface area contributed by atoms with Gasteiger partial charge < -0.3 is 14.7 Å². The molecule has 2 amide bonds. The summed E-state index contributed by atoms with van der Waals surface area (Å²) in [6.07, 6.45) is 2.98. The Kier molecular flexibility index (Phi) is 7.65. The summed E-state index contributed by atoms with van der Waals surface area (Å²) in [5, 5.41) is 9.27. The van der Waals surface area contributed by atoms with E-state index in [1.54, 1.807) is 41.3 Å². The Morgan fingerprint density at radius 3 is 2.35 bits per heavy atom. The largest absolute Gasteiger partial charge is 0.353 e. The van der Waals surface area contributed by atoms with Gasteiger partial charge in [0.15, 0.2) is 5.82 Å². The normalized spacial score (nSPS) is 15.8. The van der Waals surface area contributed by atoms with Crippen LogP contribution in [0, 0.1) is 11.7 Å². The molecule has 5 rings (SSSR count). The zero-order chi connectivity index (χ0) is 25.8. The Bertz CT molecular complexity index is 1230. The second-order valence-electron chi connectivity index (χ2n) is 9.64. The summed E-state index contributed by atoms with van der Waals surface area (Å²) in [5.41, 5.74) is 2.02. The number of rotatable bonds is 7. The van der Waals surface area contributed by atoms with Gasteiger partial charge in [0, 0.05) is 48.9 Å². The molecule has 1 saturated heterocycles. The van der Waals surface area contributed by atoms with Crippen LogP contribution >= 0.6 is 11.6 Å². The predicted octanol–water partition coefficient (Wildman–Crippen LogP) is 4.53. The van der Waals surface area contributed by atoms with Crippen molar-refractivity contribution >= 4 is 29.2 Å². The fraction of sp³-hybridized carbons (Fsp3) is 0.357. The van der Waals surface area contributed by atoms with Crippen molar-refractivity contribution in [1.82, 2.24) is 20.0 Å². The van der Waals surface area contributed by atoms with Gasteiger partial charge >= 0.3 is 0 Å². The maximum Gasteiger partial charge on any atom is 0.254 e. The van der Waals surface area contributed by atoms with E-state index in [-0.39, 0.29) is 24.2 Å². The molecule has 2 aliphatic rings. The number of aromatic nitrogens is 2. The zero-order valence-electron chi connectivity index (χ0n) is 20.5. The van der Waals surface area contributed by atoms with Crippen molar-refractivity contribution in [1.29, 1.82) is 0 Å². The Labute approximate surface area is 220 Å². The van der Waals surface area contributed by atoms with Crippen LogP contribution in [0.2, 0.25) is 5.02 Å². The van der Waals surface area contributed by atoms with Gasteiger partial charge in [-0.3, -0.25) is 9.59 Å². The lowest BCUT2D eigenvalue weighted by atomic mass is 10.1. The van der Waals surface area contributed by atoms with Gasteiger partial charge in [-0.25, -0.2) is 4.39 Å². The number of benzene rings is 2. The third-order valence-corrected chi connectivity index (χ3v) is 7.10. The molecule has 0 radical (unpaired) electrons. The van der Waals surface area contributed by atoms with E-state index in [4.69, 9.17) is 11.6 Å². The minimum Gasteiger partial charge on any atom is -0.353 e. The van der Waals surface area contributed by atoms with Gasteiger partial charge in [0.2, 0.25) is 5.91 Å². The number of amides is 2. The molecule has 2 heterocycles. The van der Waals surface area contributed by atoms with E-state index < -0.39 is 0 Å². The first kappa shape index (κ1) is 25.1. The molecule has 2 aromatic carbocycles. The number of halogens is 2. The first-order valence-electron chi connectivity index (χ1n) is 12.6. The van der Waals surface area contributed by atoms with Crippen molar-refractivity contribution in [2.45, 2.75) is 19.3 Å². The predicted molar refractivity (Wildman–Crippen MR) is 141 cm³/mol. The minimum absolute atomic E-state index is 0.0393. The highest BCUT2D eigenvalue weighted by atomic mass is 35.5. The molecule has 0 N–H and O–H groups in total. The molecule has 1 aliphatic heterocycles. The third-order valence-electron chi connectivity index (χ3n) is 6.84. The fourth-order valence-corrected chi connectivity index (χ4v) is 4.66. The lowest BCUT2D eigenvalue weighted by Gasteiger charge is -2.27. The summed E-state index contributed by atoms with van der Waals surface area (Å²) in [5.74, 6) is 0.753. The summed E-state index contributed by atoms with van der Waals surface area (Å²) < 4.78 is 13.2. The average Bonchev–Trinajstić information content (AvgIpc) is 3.76. The van der Waals surface area contributed by atoms with Crippen molar-refractivity contribution in [2.75, 3.05) is 44.2 Å². The van der Waals surface area contributed by atoms with Crippen molar-refractivity contribution in [2.24, 2.45) is 5.92 Å². The van der Waals surface area contributed by atoms with E-state index >= 15 is 0 Å². The topological polar surface area (TPSA) is 69.6 Å². The number of carbonyl (C=O) groups is 2. The number of hydrogen-bond acceptors (Lipinski definition) is 5. The highest BCUT2D eigenvalue weighted by Gasteiger charge is 2.30. The SMILES string of the molecule is O=C(CN(CC1CC1)C(=O)c1ccc(Cl)cc1)N1CCCN(c2ccc(-c3ccc(F)cc3)nn2)CC1. The van der Waals surface area contributed by atoms with Gasteiger partial charge in [0.1, 0.15) is 12.4 Å². The molecule has 0 spiro atoms. The summed E-state index contributed by atoms with van der Waals surface area (Å²) in [6, 6.07) is 16.8. The first-order valence-corrected chi connectivity index (χ1v) is 13.0. The molecule has 0 atom stereocenters. The molecule has 192 valence electrons. The van der Waals surface area contributed by atoms with Gasteiger partial charge in [0.05, 0.1) is 5.69 Å². The van der Waals surface area contributed by atoms with Crippen LogP contribution < -0.4 is 4.90 Å². The molecule has 9 heteroatoms. The Morgan fingerprint density at radius 2 is 1.68 bits per heavy atom. The zero-order valence-corrected chi connectivity index (χ0v) is 21.3. The number of hydrogen-bond donors (Lipinski definition) is 0. The van der Waals surface area contributed by atoms with Crippen molar-refractivity contribution in [3.8, 4) is 11.3 Å². The van der Waals surface area contributed by atoms with E-state index in [1.807, 2.05) is 17.0 Å². The quantitative estimate of drug-likeness (QED) is 0.457. The van der Waals surface area contributed by atoms with Crippen molar-refractivity contribution < 1.29 is 14.0 Å². The van der Waals surface area contributed by atoms with Gasteiger partial charge in [-0.05, 0) is 85.8 Å². The molecule has 0 bridgehead atoms. The maximum absolute atomic E-state index is 13.3. The molecule has 1 aliphatic carbocycles. The van der Waals surface area contributed by atoms with E-state index in [9.17, 15) is 14.0 Å². The van der Waals surface area contributed by atoms with Crippen LogP contribution in [0.25, 0.3) is 11.3 Å². The molecule has 0 unspecified atom stereocenters. The van der Waals surface area contributed by atoms with Crippen molar-refractivity contribution in [3.63, 3.8) is 0 Å². The van der Waals surface area contributed by atoms with Crippen LogP contribution in [0.3, 0.4) is 0 Å². The van der Waals surface area contributed by atoms with Gasteiger partial charge in [-0.1, -0.05) is 11.6 Å². The Hall–Kier alpha value is -3.52. The maximum atomic E-state index is 13.3. The lowest BCUT2D eigenvalue weighted by molar-refractivity contribution is -0.131.